The van der Waals surface area contributed by atoms with Gasteiger partial charge in [0.1, 0.15) is 0 Å². The maximum absolute atomic E-state index is 11.3. The Balaban J connectivity index is 2.58. The van der Waals surface area contributed by atoms with Crippen LogP contribution in [0.25, 0.3) is 0 Å². The van der Waals surface area contributed by atoms with Gasteiger partial charge in [-0.15, -0.1) is 0 Å². The van der Waals surface area contributed by atoms with E-state index in [0.717, 1.165) is 5.56 Å². The first-order valence-electron chi connectivity index (χ1n) is 3.71. The zero-order valence-electron chi connectivity index (χ0n) is 7.20. The van der Waals surface area contributed by atoms with Crippen molar-refractivity contribution in [3.63, 3.8) is 0 Å². The Hall–Kier alpha value is -0.130. The van der Waals surface area contributed by atoms with Crippen molar-refractivity contribution < 1.29 is 17.2 Å². The summed E-state index contributed by atoms with van der Waals surface area (Å²) in [6, 6.07) is 9.02. The summed E-state index contributed by atoms with van der Waals surface area (Å²) in [6.07, 6.45) is 0. The third kappa shape index (κ3) is 3.55. The molecule has 0 aliphatic carbocycles. The van der Waals surface area contributed by atoms with Crippen LogP contribution in [0.5, 0.6) is 0 Å². The van der Waals surface area contributed by atoms with Crippen LogP contribution in [0.1, 0.15) is 5.56 Å². The zero-order chi connectivity index (χ0) is 10.6. The van der Waals surface area contributed by atoms with Gasteiger partial charge in [-0.25, -0.2) is 4.21 Å². The Kier molecular flexibility index (Phi) is 4.34. The van der Waals surface area contributed by atoms with Gasteiger partial charge < -0.3 is 0 Å². The lowest BCUT2D eigenvalue weighted by molar-refractivity contribution is 0.340. The molecular weight excluding hydrogens is 243 g/mol. The van der Waals surface area contributed by atoms with Crippen LogP contribution in [-0.2, 0) is 29.8 Å². The molecule has 0 aliphatic rings. The van der Waals surface area contributed by atoms with Crippen molar-refractivity contribution in [2.75, 3.05) is 0 Å². The molecule has 0 spiro atoms. The summed E-state index contributed by atoms with van der Waals surface area (Å²) in [5, 5.41) is 0. The normalized spacial score (nSPS) is 15.0. The summed E-state index contributed by atoms with van der Waals surface area (Å²) in [5.41, 5.74) is 0.806. The second-order valence-corrected chi connectivity index (χ2v) is 9.96. The van der Waals surface area contributed by atoms with Gasteiger partial charge in [0.05, 0.1) is 6.61 Å². The fourth-order valence-electron chi connectivity index (χ4n) is 0.784. The third-order valence-electron chi connectivity index (χ3n) is 1.47. The summed E-state index contributed by atoms with van der Waals surface area (Å²) < 4.78 is 35.3. The van der Waals surface area contributed by atoms with E-state index in [0.29, 0.717) is 0 Å². The zero-order valence-corrected chi connectivity index (χ0v) is 10.1. The summed E-state index contributed by atoms with van der Waals surface area (Å²) in [5.74, 6) is 0. The van der Waals surface area contributed by atoms with Gasteiger partial charge in [0.2, 0.25) is 0 Å². The van der Waals surface area contributed by atoms with Gasteiger partial charge >= 0.3 is 0 Å². The van der Waals surface area contributed by atoms with Gasteiger partial charge in [0.15, 0.2) is 0 Å². The monoisotopic (exact) mass is 254 g/mol. The highest BCUT2D eigenvalue weighted by Crippen LogP contribution is 2.21. The smallest absolute Gasteiger partial charge is 0.269 e. The van der Waals surface area contributed by atoms with Crippen LogP contribution in [0.2, 0.25) is 0 Å². The molecule has 0 bridgehead atoms. The molecule has 4 nitrogen and oxygen atoms in total. The van der Waals surface area contributed by atoms with Crippen molar-refractivity contribution in [3.8, 4) is 0 Å². The van der Waals surface area contributed by atoms with Gasteiger partial charge in [-0.1, -0.05) is 39.2 Å². The van der Waals surface area contributed by atoms with Crippen molar-refractivity contribution in [3.05, 3.63) is 35.9 Å². The maximum Gasteiger partial charge on any atom is 0.269 e. The molecule has 7 heteroatoms. The Morgan fingerprint density at radius 1 is 1.43 bits per heavy atom. The lowest BCUT2D eigenvalue weighted by Gasteiger charge is -2.19. The van der Waals surface area contributed by atoms with E-state index < -0.39 is 19.0 Å². The van der Waals surface area contributed by atoms with Crippen LogP contribution < -0.4 is 0 Å². The lowest BCUT2D eigenvalue weighted by atomic mass is 10.2. The van der Waals surface area contributed by atoms with Crippen molar-refractivity contribution in [2.45, 2.75) is 6.61 Å². The molecule has 14 heavy (non-hydrogen) atoms. The molecule has 0 aliphatic heterocycles. The molecule has 0 heterocycles. The highest BCUT2D eigenvalue weighted by molar-refractivity contribution is 8.85. The summed E-state index contributed by atoms with van der Waals surface area (Å²) in [6.45, 7) is 0.0634. The summed E-state index contributed by atoms with van der Waals surface area (Å²) >= 11 is 0. The van der Waals surface area contributed by atoms with E-state index in [1.54, 1.807) is 20.6 Å². The molecule has 0 amide bonds. The summed E-state index contributed by atoms with van der Waals surface area (Å²) in [7, 11) is -4.15. The van der Waals surface area contributed by atoms with E-state index >= 15 is 0 Å². The average Bonchev–Trinajstić information content (AvgIpc) is 2.16. The highest BCUT2D eigenvalue weighted by Gasteiger charge is 2.10. The Morgan fingerprint density at radius 2 is 2.00 bits per heavy atom. The van der Waals surface area contributed by atoms with E-state index in [1.165, 1.54) is 0 Å². The number of benzene rings is 1. The Labute approximate surface area is 87.3 Å². The minimum atomic E-state index is -3.49. The fraction of sp³-hybridized carbons (Fsp3) is 0.143. The van der Waals surface area contributed by atoms with Crippen molar-refractivity contribution in [1.82, 2.24) is 0 Å². The number of thiol groups is 1. The molecular formula is C7H11O4PS2. The average molecular weight is 254 g/mol. The molecule has 2 atom stereocenters. The fourth-order valence-corrected chi connectivity index (χ4v) is 1.86. The number of rotatable bonds is 4. The topological polar surface area (TPSA) is 63.6 Å². The SMILES string of the molecule is O=S(O)[SH](=O)(P)OCc1ccccc1. The molecule has 2 unspecified atom stereocenters. The quantitative estimate of drug-likeness (QED) is 0.365. The molecule has 0 saturated carbocycles. The Bertz CT molecular complexity index is 367. The van der Waals surface area contributed by atoms with Crippen LogP contribution in [0.3, 0.4) is 0 Å². The molecule has 1 rings (SSSR count). The molecule has 0 fully saturated rings. The van der Waals surface area contributed by atoms with Crippen LogP contribution in [0.4, 0.5) is 0 Å². The van der Waals surface area contributed by atoms with E-state index in [9.17, 15) is 8.42 Å². The van der Waals surface area contributed by atoms with E-state index in [-0.39, 0.29) is 6.61 Å². The van der Waals surface area contributed by atoms with Crippen LogP contribution in [0, 0.1) is 0 Å². The lowest BCUT2D eigenvalue weighted by Crippen LogP contribution is -2.12. The number of hydrogen-bond acceptors (Lipinski definition) is 3. The molecule has 1 aromatic rings. The van der Waals surface area contributed by atoms with Crippen LogP contribution in [-0.4, -0.2) is 13.0 Å². The predicted octanol–water partition coefficient (Wildman–Crippen LogP) is 1.06. The van der Waals surface area contributed by atoms with E-state index in [1.807, 2.05) is 18.2 Å². The maximum atomic E-state index is 11.3. The molecule has 0 saturated heterocycles. The molecule has 1 N–H and O–H groups in total. The first kappa shape index (κ1) is 11.9. The van der Waals surface area contributed by atoms with E-state index in [4.69, 9.17) is 8.74 Å². The summed E-state index contributed by atoms with van der Waals surface area (Å²) in [4.78, 5) is 0. The van der Waals surface area contributed by atoms with Crippen LogP contribution >= 0.6 is 8.44 Å². The highest BCUT2D eigenvalue weighted by atomic mass is 33.4. The molecule has 80 valence electrons. The van der Waals surface area contributed by atoms with Crippen molar-refractivity contribution in [1.29, 1.82) is 0 Å². The molecule has 1 aromatic carbocycles. The minimum absolute atomic E-state index is 0.0634. The second kappa shape index (κ2) is 5.09. The third-order valence-corrected chi connectivity index (χ3v) is 6.09. The standard InChI is InChI=1S/C7H11O4PS2/c8-13(9)14(10,12)11-6-7-4-2-1-3-5-7/h1-5,14H,6,12H2,(H,8,9). The van der Waals surface area contributed by atoms with Gasteiger partial charge in [-0.2, -0.15) is 4.21 Å². The van der Waals surface area contributed by atoms with E-state index in [2.05, 4.69) is 0 Å². The van der Waals surface area contributed by atoms with Gasteiger partial charge in [-0.3, -0.25) is 8.74 Å². The second-order valence-electron chi connectivity index (χ2n) is 2.53. The van der Waals surface area contributed by atoms with Crippen molar-refractivity contribution >= 4 is 27.4 Å². The van der Waals surface area contributed by atoms with Crippen molar-refractivity contribution in [2.24, 2.45) is 0 Å². The molecule has 0 aromatic heterocycles. The Morgan fingerprint density at radius 3 is 2.50 bits per heavy atom. The minimum Gasteiger partial charge on any atom is -0.291 e. The van der Waals surface area contributed by atoms with Gasteiger partial charge in [-0.05, 0) is 14.0 Å². The first-order chi connectivity index (χ1) is 6.52. The molecule has 0 radical (unpaired) electrons. The predicted molar refractivity (Wildman–Crippen MR) is 61.2 cm³/mol. The first-order valence-corrected chi connectivity index (χ1v) is 8.66. The number of hydrogen-bond donors (Lipinski definition) is 2. The van der Waals surface area contributed by atoms with Gasteiger partial charge in [0.25, 0.3) is 10.1 Å². The largest absolute Gasteiger partial charge is 0.291 e. The van der Waals surface area contributed by atoms with Crippen LogP contribution in [0.15, 0.2) is 30.3 Å². The van der Waals surface area contributed by atoms with Gasteiger partial charge in [0, 0.05) is 0 Å².